The molecule has 0 bridgehead atoms. The van der Waals surface area contributed by atoms with Crippen molar-refractivity contribution < 1.29 is 40.7 Å². The van der Waals surface area contributed by atoms with Gasteiger partial charge in [-0.15, -0.1) is 0 Å². The van der Waals surface area contributed by atoms with Gasteiger partial charge in [0, 0.05) is 6.54 Å². The molecule has 1 aromatic carbocycles. The van der Waals surface area contributed by atoms with Gasteiger partial charge in [0.25, 0.3) is 5.91 Å². The third-order valence-corrected chi connectivity index (χ3v) is 4.91. The Balaban J connectivity index is 2.24. The highest BCUT2D eigenvalue weighted by Crippen LogP contribution is 2.37. The van der Waals surface area contributed by atoms with Crippen LogP contribution in [0.4, 0.5) is 26.3 Å². The maximum atomic E-state index is 13.3. The van der Waals surface area contributed by atoms with Gasteiger partial charge in [-0.05, 0) is 37.5 Å². The number of likely N-dealkylation sites (tertiary alicyclic amines) is 1. The molecule has 1 amide bonds. The Labute approximate surface area is 170 Å². The summed E-state index contributed by atoms with van der Waals surface area (Å²) in [5.74, 6) is -2.02. The van der Waals surface area contributed by atoms with Crippen molar-refractivity contribution in [3.05, 3.63) is 34.9 Å². The summed E-state index contributed by atoms with van der Waals surface area (Å²) in [5.41, 5.74) is -3.97. The number of carbonyl (C=O) groups is 2. The number of halogens is 6. The molecule has 0 aliphatic carbocycles. The number of hydrogen-bond acceptors (Lipinski definition) is 3. The topological polar surface area (TPSA) is 46.6 Å². The molecule has 1 aliphatic heterocycles. The Hall–Kier alpha value is -2.26. The molecule has 1 saturated heterocycles. The van der Waals surface area contributed by atoms with Gasteiger partial charge >= 0.3 is 18.3 Å². The number of amides is 1. The Morgan fingerprint density at radius 3 is 2.37 bits per heavy atom. The molecule has 1 unspecified atom stereocenters. The van der Waals surface area contributed by atoms with Crippen molar-refractivity contribution in [2.24, 2.45) is 0 Å². The average molecular weight is 439 g/mol. The summed E-state index contributed by atoms with van der Waals surface area (Å²) in [6.07, 6.45) is -6.02. The Kier molecular flexibility index (Phi) is 7.76. The molecule has 1 fully saturated rings. The van der Waals surface area contributed by atoms with Gasteiger partial charge in [-0.1, -0.05) is 26.2 Å². The predicted octanol–water partition coefficient (Wildman–Crippen LogP) is 5.45. The molecular weight excluding hydrogens is 416 g/mol. The zero-order valence-corrected chi connectivity index (χ0v) is 16.4. The van der Waals surface area contributed by atoms with E-state index in [2.05, 4.69) is 0 Å². The molecular formula is C20H23F6NO3. The quantitative estimate of drug-likeness (QED) is 0.322. The molecule has 1 aliphatic rings. The molecule has 0 N–H and O–H groups in total. The van der Waals surface area contributed by atoms with E-state index in [9.17, 15) is 35.9 Å². The number of hydrogen-bond donors (Lipinski definition) is 0. The van der Waals surface area contributed by atoms with E-state index in [4.69, 9.17) is 4.74 Å². The van der Waals surface area contributed by atoms with Gasteiger partial charge in [0.2, 0.25) is 0 Å². The summed E-state index contributed by atoms with van der Waals surface area (Å²) in [4.78, 5) is 26.0. The number of esters is 1. The lowest BCUT2D eigenvalue weighted by Gasteiger charge is -2.25. The lowest BCUT2D eigenvalue weighted by molar-refractivity contribution is -0.148. The van der Waals surface area contributed by atoms with Crippen LogP contribution in [0.1, 0.15) is 66.9 Å². The highest BCUT2D eigenvalue weighted by atomic mass is 19.4. The minimum Gasteiger partial charge on any atom is -0.464 e. The largest absolute Gasteiger partial charge is 0.464 e. The Bertz CT molecular complexity index is 760. The van der Waals surface area contributed by atoms with Crippen LogP contribution < -0.4 is 0 Å². The summed E-state index contributed by atoms with van der Waals surface area (Å²) in [6, 6.07) is -0.394. The number of carbonyl (C=O) groups excluding carboxylic acids is 2. The van der Waals surface area contributed by atoms with Crippen LogP contribution in [0.25, 0.3) is 0 Å². The molecule has 0 spiro atoms. The van der Waals surface area contributed by atoms with Gasteiger partial charge in [-0.25, -0.2) is 4.79 Å². The van der Waals surface area contributed by atoms with Crippen LogP contribution in [0.15, 0.2) is 18.2 Å². The smallest absolute Gasteiger partial charge is 0.417 e. The van der Waals surface area contributed by atoms with Crippen molar-refractivity contribution in [3.63, 3.8) is 0 Å². The summed E-state index contributed by atoms with van der Waals surface area (Å²) < 4.78 is 84.0. The van der Waals surface area contributed by atoms with Crippen LogP contribution in [0, 0.1) is 0 Å². The summed E-state index contributed by atoms with van der Waals surface area (Å²) in [6.45, 7) is 2.09. The standard InChI is InChI=1S/C20H23F6NO3/c1-2-3-4-5-11-30-18(29)16-7-6-10-27(16)17(28)14-12-13(19(21,22)23)8-9-15(14)20(24,25)26/h8-9,12,16H,2-7,10-11H2,1H3. The third-order valence-electron chi connectivity index (χ3n) is 4.91. The van der Waals surface area contributed by atoms with E-state index in [0.29, 0.717) is 12.8 Å². The molecule has 4 nitrogen and oxygen atoms in total. The fourth-order valence-electron chi connectivity index (χ4n) is 3.35. The highest BCUT2D eigenvalue weighted by molar-refractivity contribution is 5.98. The molecule has 0 aromatic heterocycles. The van der Waals surface area contributed by atoms with Gasteiger partial charge in [-0.3, -0.25) is 4.79 Å². The zero-order valence-electron chi connectivity index (χ0n) is 16.4. The second-order valence-electron chi connectivity index (χ2n) is 7.14. The highest BCUT2D eigenvalue weighted by Gasteiger charge is 2.42. The predicted molar refractivity (Wildman–Crippen MR) is 95.6 cm³/mol. The maximum Gasteiger partial charge on any atom is 0.417 e. The van der Waals surface area contributed by atoms with Gasteiger partial charge < -0.3 is 9.64 Å². The number of benzene rings is 1. The lowest BCUT2D eigenvalue weighted by atomic mass is 10.0. The molecule has 1 atom stereocenters. The average Bonchev–Trinajstić information content (AvgIpc) is 3.15. The van der Waals surface area contributed by atoms with Crippen molar-refractivity contribution in [2.45, 2.75) is 63.8 Å². The number of alkyl halides is 6. The van der Waals surface area contributed by atoms with Crippen molar-refractivity contribution in [1.82, 2.24) is 4.90 Å². The maximum absolute atomic E-state index is 13.3. The molecule has 30 heavy (non-hydrogen) atoms. The Morgan fingerprint density at radius 2 is 1.77 bits per heavy atom. The van der Waals surface area contributed by atoms with Gasteiger partial charge in [0.15, 0.2) is 0 Å². The van der Waals surface area contributed by atoms with E-state index in [-0.39, 0.29) is 37.8 Å². The first-order valence-electron chi connectivity index (χ1n) is 9.73. The van der Waals surface area contributed by atoms with Crippen molar-refractivity contribution in [3.8, 4) is 0 Å². The van der Waals surface area contributed by atoms with Crippen LogP contribution in [-0.2, 0) is 21.9 Å². The van der Waals surface area contributed by atoms with Crippen LogP contribution >= 0.6 is 0 Å². The van der Waals surface area contributed by atoms with Gasteiger partial charge in [0.05, 0.1) is 23.3 Å². The fraction of sp³-hybridized carbons (Fsp3) is 0.600. The molecule has 1 aromatic rings. The van der Waals surface area contributed by atoms with Crippen molar-refractivity contribution in [2.75, 3.05) is 13.2 Å². The number of unbranched alkanes of at least 4 members (excludes halogenated alkanes) is 3. The third kappa shape index (κ3) is 5.89. The van der Waals surface area contributed by atoms with Crippen molar-refractivity contribution in [1.29, 1.82) is 0 Å². The van der Waals surface area contributed by atoms with Crippen LogP contribution in [0.2, 0.25) is 0 Å². The first kappa shape index (κ1) is 24.0. The number of rotatable bonds is 7. The number of ether oxygens (including phenoxy) is 1. The molecule has 0 radical (unpaired) electrons. The van der Waals surface area contributed by atoms with Crippen LogP contribution in [0.5, 0.6) is 0 Å². The minimum atomic E-state index is -5.02. The van der Waals surface area contributed by atoms with E-state index in [1.165, 1.54) is 0 Å². The molecule has 168 valence electrons. The minimum absolute atomic E-state index is 0.0397. The van der Waals surface area contributed by atoms with Crippen LogP contribution in [-0.4, -0.2) is 36.0 Å². The molecule has 0 saturated carbocycles. The first-order chi connectivity index (χ1) is 14.0. The normalized spacial score (nSPS) is 17.3. The summed E-state index contributed by atoms with van der Waals surface area (Å²) in [7, 11) is 0. The molecule has 1 heterocycles. The summed E-state index contributed by atoms with van der Waals surface area (Å²) in [5, 5.41) is 0. The SMILES string of the molecule is CCCCCCOC(=O)C1CCCN1C(=O)c1cc(C(F)(F)F)ccc1C(F)(F)F. The fourth-order valence-corrected chi connectivity index (χ4v) is 3.35. The second-order valence-corrected chi connectivity index (χ2v) is 7.14. The van der Waals surface area contributed by atoms with E-state index in [1.54, 1.807) is 0 Å². The second kappa shape index (κ2) is 9.70. The van der Waals surface area contributed by atoms with E-state index < -0.39 is 47.0 Å². The Morgan fingerprint density at radius 1 is 1.07 bits per heavy atom. The number of nitrogens with zero attached hydrogens (tertiary/aromatic N) is 1. The summed E-state index contributed by atoms with van der Waals surface area (Å²) >= 11 is 0. The van der Waals surface area contributed by atoms with Crippen molar-refractivity contribution >= 4 is 11.9 Å². The van der Waals surface area contributed by atoms with E-state index >= 15 is 0 Å². The monoisotopic (exact) mass is 439 g/mol. The lowest BCUT2D eigenvalue weighted by Crippen LogP contribution is -2.42. The molecule has 10 heteroatoms. The zero-order chi connectivity index (χ0) is 22.5. The first-order valence-corrected chi connectivity index (χ1v) is 9.73. The van der Waals surface area contributed by atoms with Gasteiger partial charge in [-0.2, -0.15) is 26.3 Å². The van der Waals surface area contributed by atoms with E-state index in [0.717, 1.165) is 24.2 Å². The van der Waals surface area contributed by atoms with Gasteiger partial charge in [0.1, 0.15) is 6.04 Å². The van der Waals surface area contributed by atoms with Crippen LogP contribution in [0.3, 0.4) is 0 Å². The molecule has 2 rings (SSSR count). The van der Waals surface area contributed by atoms with E-state index in [1.807, 2.05) is 6.92 Å².